The number of benzene rings is 1. The van der Waals surface area contributed by atoms with Crippen molar-refractivity contribution in [3.05, 3.63) is 41.6 Å². The van der Waals surface area contributed by atoms with E-state index in [0.717, 1.165) is 25.9 Å². The van der Waals surface area contributed by atoms with Crippen molar-refractivity contribution < 1.29 is 19.4 Å². The number of aromatic nitrogens is 1. The first kappa shape index (κ1) is 16.6. The molecule has 4 rings (SSSR count). The van der Waals surface area contributed by atoms with Crippen molar-refractivity contribution in [1.29, 1.82) is 0 Å². The van der Waals surface area contributed by atoms with E-state index < -0.39 is 0 Å². The van der Waals surface area contributed by atoms with Gasteiger partial charge in [-0.3, -0.25) is 9.69 Å². The molecule has 1 saturated heterocycles. The van der Waals surface area contributed by atoms with E-state index in [9.17, 15) is 15.0 Å². The molecular weight excluding hydrogens is 332 g/mol. The number of likely N-dealkylation sites (tertiary alicyclic amines) is 1. The summed E-state index contributed by atoms with van der Waals surface area (Å²) >= 11 is 0. The number of phenolic OH excluding ortho intramolecular Hbond substituents is 1. The molecule has 1 fully saturated rings. The second-order valence-electron chi connectivity index (χ2n) is 6.68. The molecule has 0 bridgehead atoms. The molecular formula is C20H20N2O4. The quantitative estimate of drug-likeness (QED) is 0.696. The van der Waals surface area contributed by atoms with Crippen LogP contribution in [0.3, 0.4) is 0 Å². The van der Waals surface area contributed by atoms with E-state index in [1.54, 1.807) is 18.2 Å². The van der Waals surface area contributed by atoms with Crippen LogP contribution in [-0.4, -0.2) is 39.0 Å². The number of nitrogens with zero attached hydrogens (tertiary/aromatic N) is 2. The summed E-state index contributed by atoms with van der Waals surface area (Å²) in [6.07, 6.45) is 3.60. The average Bonchev–Trinajstić information content (AvgIpc) is 3.25. The maximum Gasteiger partial charge on any atom is 0.164 e. The Bertz CT molecular complexity index is 970. The van der Waals surface area contributed by atoms with Gasteiger partial charge in [0.15, 0.2) is 11.5 Å². The Morgan fingerprint density at radius 3 is 2.62 bits per heavy atom. The molecule has 2 aromatic heterocycles. The SMILES string of the molecule is CC(=O)c1c(-c2ccc(O)cn2)oc2ccc(O)c(CN3CCCC3)c12. The van der Waals surface area contributed by atoms with E-state index >= 15 is 0 Å². The third-order valence-corrected chi connectivity index (χ3v) is 4.85. The summed E-state index contributed by atoms with van der Waals surface area (Å²) in [6.45, 7) is 4.02. The monoisotopic (exact) mass is 352 g/mol. The fourth-order valence-electron chi connectivity index (χ4n) is 3.61. The summed E-state index contributed by atoms with van der Waals surface area (Å²) in [7, 11) is 0. The Hall–Kier alpha value is -2.86. The number of fused-ring (bicyclic) bond motifs is 1. The van der Waals surface area contributed by atoms with Gasteiger partial charge in [-0.05, 0) is 57.1 Å². The van der Waals surface area contributed by atoms with Crippen LogP contribution >= 0.6 is 0 Å². The minimum absolute atomic E-state index is 0.0432. The van der Waals surface area contributed by atoms with E-state index in [1.807, 2.05) is 0 Å². The number of aromatic hydroxyl groups is 2. The summed E-state index contributed by atoms with van der Waals surface area (Å²) in [5, 5.41) is 20.6. The van der Waals surface area contributed by atoms with Crippen molar-refractivity contribution in [2.45, 2.75) is 26.3 Å². The number of hydrogen-bond donors (Lipinski definition) is 2. The number of hydrogen-bond acceptors (Lipinski definition) is 6. The molecule has 3 heterocycles. The molecule has 0 saturated carbocycles. The van der Waals surface area contributed by atoms with Crippen molar-refractivity contribution in [2.24, 2.45) is 0 Å². The zero-order chi connectivity index (χ0) is 18.3. The third-order valence-electron chi connectivity index (χ3n) is 4.85. The zero-order valence-corrected chi connectivity index (χ0v) is 14.5. The maximum absolute atomic E-state index is 12.4. The molecule has 0 unspecified atom stereocenters. The van der Waals surface area contributed by atoms with Crippen LogP contribution in [-0.2, 0) is 6.54 Å². The van der Waals surface area contributed by atoms with Gasteiger partial charge in [-0.25, -0.2) is 4.98 Å². The van der Waals surface area contributed by atoms with Crippen LogP contribution in [0.2, 0.25) is 0 Å². The van der Waals surface area contributed by atoms with E-state index in [0.29, 0.717) is 40.1 Å². The molecule has 1 aliphatic rings. The molecule has 134 valence electrons. The number of furan rings is 1. The number of carbonyl (C=O) groups is 1. The van der Waals surface area contributed by atoms with Crippen LogP contribution in [0.5, 0.6) is 11.5 Å². The standard InChI is InChI=1S/C20H20N2O4/c1-12(23)18-19-14(11-22-8-2-3-9-22)16(25)6-7-17(19)26-20(18)15-5-4-13(24)10-21-15/h4-7,10,24-25H,2-3,8-9,11H2,1H3. The van der Waals surface area contributed by atoms with Crippen LogP contribution in [0.1, 0.15) is 35.7 Å². The zero-order valence-electron chi connectivity index (χ0n) is 14.5. The van der Waals surface area contributed by atoms with Gasteiger partial charge in [0, 0.05) is 17.5 Å². The van der Waals surface area contributed by atoms with E-state index in [-0.39, 0.29) is 17.3 Å². The summed E-state index contributed by atoms with van der Waals surface area (Å²) < 4.78 is 5.95. The maximum atomic E-state index is 12.4. The molecule has 0 radical (unpaired) electrons. The lowest BCUT2D eigenvalue weighted by Gasteiger charge is -2.16. The van der Waals surface area contributed by atoms with Crippen LogP contribution in [0.15, 0.2) is 34.9 Å². The second kappa shape index (κ2) is 6.46. The van der Waals surface area contributed by atoms with E-state index in [1.165, 1.54) is 19.2 Å². The van der Waals surface area contributed by atoms with Gasteiger partial charge in [-0.2, -0.15) is 0 Å². The normalized spacial score (nSPS) is 15.0. The highest BCUT2D eigenvalue weighted by molar-refractivity contribution is 6.12. The van der Waals surface area contributed by atoms with Crippen LogP contribution in [0.4, 0.5) is 0 Å². The lowest BCUT2D eigenvalue weighted by atomic mass is 9.99. The minimum Gasteiger partial charge on any atom is -0.508 e. The summed E-state index contributed by atoms with van der Waals surface area (Å²) in [5.41, 5.74) is 2.15. The number of phenols is 1. The number of rotatable bonds is 4. The highest BCUT2D eigenvalue weighted by Crippen LogP contribution is 2.39. The van der Waals surface area contributed by atoms with Crippen molar-refractivity contribution in [3.63, 3.8) is 0 Å². The average molecular weight is 352 g/mol. The molecule has 6 nitrogen and oxygen atoms in total. The minimum atomic E-state index is -0.151. The topological polar surface area (TPSA) is 86.8 Å². The first-order valence-corrected chi connectivity index (χ1v) is 8.70. The summed E-state index contributed by atoms with van der Waals surface area (Å²) in [5.74, 6) is 0.419. The van der Waals surface area contributed by atoms with Gasteiger partial charge in [-0.15, -0.1) is 0 Å². The molecule has 0 atom stereocenters. The Labute approximate surface area is 150 Å². The van der Waals surface area contributed by atoms with Gasteiger partial charge in [0.2, 0.25) is 0 Å². The molecule has 1 aromatic carbocycles. The predicted molar refractivity (Wildman–Crippen MR) is 97.3 cm³/mol. The van der Waals surface area contributed by atoms with Gasteiger partial charge in [0.05, 0.1) is 11.8 Å². The van der Waals surface area contributed by atoms with Gasteiger partial charge in [-0.1, -0.05) is 0 Å². The number of Topliss-reactive ketones (excluding diaryl/α,β-unsaturated/α-hetero) is 1. The van der Waals surface area contributed by atoms with Crippen molar-refractivity contribution in [2.75, 3.05) is 13.1 Å². The predicted octanol–water partition coefficient (Wildman–Crippen LogP) is 3.70. The fraction of sp³-hybridized carbons (Fsp3) is 0.300. The first-order valence-electron chi connectivity index (χ1n) is 8.70. The largest absolute Gasteiger partial charge is 0.508 e. The van der Waals surface area contributed by atoms with Crippen molar-refractivity contribution in [3.8, 4) is 23.0 Å². The third kappa shape index (κ3) is 2.82. The van der Waals surface area contributed by atoms with Gasteiger partial charge in [0.1, 0.15) is 22.8 Å². The Morgan fingerprint density at radius 1 is 1.19 bits per heavy atom. The fourth-order valence-corrected chi connectivity index (χ4v) is 3.61. The molecule has 0 spiro atoms. The van der Waals surface area contributed by atoms with Crippen molar-refractivity contribution >= 4 is 16.8 Å². The molecule has 2 N–H and O–H groups in total. The van der Waals surface area contributed by atoms with Gasteiger partial charge < -0.3 is 14.6 Å². The number of pyridine rings is 1. The molecule has 0 amide bonds. The molecule has 26 heavy (non-hydrogen) atoms. The second-order valence-corrected chi connectivity index (χ2v) is 6.68. The van der Waals surface area contributed by atoms with Crippen LogP contribution in [0.25, 0.3) is 22.4 Å². The first-order chi connectivity index (χ1) is 12.5. The highest BCUT2D eigenvalue weighted by Gasteiger charge is 2.25. The smallest absolute Gasteiger partial charge is 0.164 e. The van der Waals surface area contributed by atoms with Crippen LogP contribution < -0.4 is 0 Å². The Kier molecular flexibility index (Phi) is 4.12. The van der Waals surface area contributed by atoms with E-state index in [4.69, 9.17) is 4.42 Å². The van der Waals surface area contributed by atoms with Crippen molar-refractivity contribution in [1.82, 2.24) is 9.88 Å². The Balaban J connectivity index is 1.93. The summed E-state index contributed by atoms with van der Waals surface area (Å²) in [6, 6.07) is 6.39. The molecule has 6 heteroatoms. The van der Waals surface area contributed by atoms with Crippen LogP contribution in [0, 0.1) is 0 Å². The number of carbonyl (C=O) groups excluding carboxylic acids is 1. The summed E-state index contributed by atoms with van der Waals surface area (Å²) in [4.78, 5) is 18.9. The van der Waals surface area contributed by atoms with E-state index in [2.05, 4.69) is 9.88 Å². The highest BCUT2D eigenvalue weighted by atomic mass is 16.3. The van der Waals surface area contributed by atoms with Gasteiger partial charge >= 0.3 is 0 Å². The lowest BCUT2D eigenvalue weighted by molar-refractivity contribution is 0.101. The van der Waals surface area contributed by atoms with Gasteiger partial charge in [0.25, 0.3) is 0 Å². The molecule has 0 aliphatic carbocycles. The molecule has 3 aromatic rings. The lowest BCUT2D eigenvalue weighted by Crippen LogP contribution is -2.18. The Morgan fingerprint density at radius 2 is 1.96 bits per heavy atom. The number of ketones is 1. The molecule has 1 aliphatic heterocycles.